The highest BCUT2D eigenvalue weighted by Crippen LogP contribution is 2.06. The van der Waals surface area contributed by atoms with Crippen LogP contribution in [0.15, 0.2) is 22.8 Å². The summed E-state index contributed by atoms with van der Waals surface area (Å²) in [7, 11) is 1.94. The lowest BCUT2D eigenvalue weighted by Gasteiger charge is -2.14. The summed E-state index contributed by atoms with van der Waals surface area (Å²) in [5.74, 6) is 0.766. The molecular formula is C12H20N2O2. The van der Waals surface area contributed by atoms with E-state index in [1.54, 1.807) is 12.1 Å². The van der Waals surface area contributed by atoms with E-state index < -0.39 is 0 Å². The molecule has 0 fully saturated rings. The summed E-state index contributed by atoms with van der Waals surface area (Å²) in [6, 6.07) is 3.39. The van der Waals surface area contributed by atoms with E-state index in [0.29, 0.717) is 18.2 Å². The predicted octanol–water partition coefficient (Wildman–Crippen LogP) is 1.65. The second-order valence-electron chi connectivity index (χ2n) is 3.85. The van der Waals surface area contributed by atoms with E-state index >= 15 is 0 Å². The van der Waals surface area contributed by atoms with Crippen LogP contribution >= 0.6 is 0 Å². The quantitative estimate of drug-likeness (QED) is 0.740. The lowest BCUT2D eigenvalue weighted by atomic mass is 10.0. The minimum absolute atomic E-state index is 0.132. The van der Waals surface area contributed by atoms with Gasteiger partial charge in [-0.15, -0.1) is 0 Å². The SMILES string of the molecule is CCC(CCNC)CNC(=O)c1ccco1. The first kappa shape index (κ1) is 12.8. The molecule has 4 nitrogen and oxygen atoms in total. The molecular weight excluding hydrogens is 204 g/mol. The van der Waals surface area contributed by atoms with Gasteiger partial charge >= 0.3 is 0 Å². The number of hydrogen-bond donors (Lipinski definition) is 2. The molecule has 1 atom stereocenters. The van der Waals surface area contributed by atoms with Gasteiger partial charge in [0.1, 0.15) is 0 Å². The summed E-state index contributed by atoms with van der Waals surface area (Å²) < 4.78 is 5.02. The zero-order chi connectivity index (χ0) is 11.8. The highest BCUT2D eigenvalue weighted by atomic mass is 16.3. The Morgan fingerprint density at radius 3 is 2.94 bits per heavy atom. The summed E-state index contributed by atoms with van der Waals surface area (Å²) in [6.07, 6.45) is 3.65. The van der Waals surface area contributed by atoms with E-state index in [0.717, 1.165) is 19.4 Å². The Bertz CT molecular complexity index is 296. The minimum atomic E-state index is -0.132. The van der Waals surface area contributed by atoms with Crippen LogP contribution in [0.5, 0.6) is 0 Å². The molecule has 0 radical (unpaired) electrons. The third kappa shape index (κ3) is 4.06. The summed E-state index contributed by atoms with van der Waals surface area (Å²) in [5, 5.41) is 6.00. The molecule has 0 aliphatic rings. The lowest BCUT2D eigenvalue weighted by Crippen LogP contribution is -2.30. The van der Waals surface area contributed by atoms with Crippen molar-refractivity contribution in [2.24, 2.45) is 5.92 Å². The maximum Gasteiger partial charge on any atom is 0.286 e. The Morgan fingerprint density at radius 2 is 2.38 bits per heavy atom. The van der Waals surface area contributed by atoms with Crippen LogP contribution in [0.3, 0.4) is 0 Å². The van der Waals surface area contributed by atoms with E-state index in [-0.39, 0.29) is 5.91 Å². The van der Waals surface area contributed by atoms with Gasteiger partial charge in [0.2, 0.25) is 0 Å². The fourth-order valence-electron chi connectivity index (χ4n) is 1.53. The Balaban J connectivity index is 2.29. The first-order chi connectivity index (χ1) is 7.77. The predicted molar refractivity (Wildman–Crippen MR) is 63.4 cm³/mol. The number of amides is 1. The molecule has 0 bridgehead atoms. The van der Waals surface area contributed by atoms with Crippen molar-refractivity contribution in [3.63, 3.8) is 0 Å². The fourth-order valence-corrected chi connectivity index (χ4v) is 1.53. The monoisotopic (exact) mass is 224 g/mol. The van der Waals surface area contributed by atoms with Crippen molar-refractivity contribution in [1.29, 1.82) is 0 Å². The Labute approximate surface area is 96.4 Å². The van der Waals surface area contributed by atoms with Crippen molar-refractivity contribution < 1.29 is 9.21 Å². The van der Waals surface area contributed by atoms with Gasteiger partial charge in [-0.05, 0) is 38.1 Å². The van der Waals surface area contributed by atoms with Crippen LogP contribution in [0.2, 0.25) is 0 Å². The van der Waals surface area contributed by atoms with Gasteiger partial charge in [0.15, 0.2) is 5.76 Å². The molecule has 0 aliphatic carbocycles. The van der Waals surface area contributed by atoms with Crippen molar-refractivity contribution in [3.8, 4) is 0 Å². The van der Waals surface area contributed by atoms with Crippen LogP contribution < -0.4 is 10.6 Å². The van der Waals surface area contributed by atoms with E-state index in [1.807, 2.05) is 7.05 Å². The second-order valence-corrected chi connectivity index (χ2v) is 3.85. The number of furan rings is 1. The maximum absolute atomic E-state index is 11.6. The standard InChI is InChI=1S/C12H20N2O2/c1-3-10(6-7-13-2)9-14-12(15)11-5-4-8-16-11/h4-5,8,10,13H,3,6-7,9H2,1-2H3,(H,14,15). The number of carbonyl (C=O) groups is 1. The van der Waals surface area contributed by atoms with Crippen molar-refractivity contribution in [3.05, 3.63) is 24.2 Å². The van der Waals surface area contributed by atoms with Crippen LogP contribution in [0.4, 0.5) is 0 Å². The average Bonchev–Trinajstić information content (AvgIpc) is 2.82. The highest BCUT2D eigenvalue weighted by molar-refractivity contribution is 5.91. The van der Waals surface area contributed by atoms with Gasteiger partial charge in [0.25, 0.3) is 5.91 Å². The number of hydrogen-bond acceptors (Lipinski definition) is 3. The third-order valence-corrected chi connectivity index (χ3v) is 2.68. The van der Waals surface area contributed by atoms with E-state index in [4.69, 9.17) is 4.42 Å². The molecule has 90 valence electrons. The normalized spacial score (nSPS) is 12.4. The smallest absolute Gasteiger partial charge is 0.286 e. The van der Waals surface area contributed by atoms with Crippen molar-refractivity contribution in [2.75, 3.05) is 20.1 Å². The number of rotatable bonds is 7. The third-order valence-electron chi connectivity index (χ3n) is 2.68. The van der Waals surface area contributed by atoms with Crippen LogP contribution in [-0.4, -0.2) is 26.0 Å². The van der Waals surface area contributed by atoms with E-state index in [1.165, 1.54) is 6.26 Å². The molecule has 16 heavy (non-hydrogen) atoms. The molecule has 0 aromatic carbocycles. The first-order valence-electron chi connectivity index (χ1n) is 5.74. The molecule has 0 aliphatic heterocycles. The maximum atomic E-state index is 11.6. The zero-order valence-corrected chi connectivity index (χ0v) is 9.95. The molecule has 0 saturated carbocycles. The Hall–Kier alpha value is -1.29. The number of carbonyl (C=O) groups excluding carboxylic acids is 1. The molecule has 1 aromatic rings. The van der Waals surface area contributed by atoms with Crippen LogP contribution in [0, 0.1) is 5.92 Å². The lowest BCUT2D eigenvalue weighted by molar-refractivity contribution is 0.0918. The van der Waals surface area contributed by atoms with Crippen LogP contribution in [0.1, 0.15) is 30.3 Å². The first-order valence-corrected chi connectivity index (χ1v) is 5.74. The van der Waals surface area contributed by atoms with E-state index in [2.05, 4.69) is 17.6 Å². The van der Waals surface area contributed by atoms with Crippen molar-refractivity contribution >= 4 is 5.91 Å². The van der Waals surface area contributed by atoms with Gasteiger partial charge in [-0.3, -0.25) is 4.79 Å². The van der Waals surface area contributed by atoms with Gasteiger partial charge in [-0.25, -0.2) is 0 Å². The second kappa shape index (κ2) is 7.06. The molecule has 1 unspecified atom stereocenters. The van der Waals surface area contributed by atoms with Gasteiger partial charge in [0, 0.05) is 6.54 Å². The molecule has 1 aromatic heterocycles. The van der Waals surface area contributed by atoms with Crippen molar-refractivity contribution in [1.82, 2.24) is 10.6 Å². The van der Waals surface area contributed by atoms with Gasteiger partial charge in [-0.2, -0.15) is 0 Å². The molecule has 2 N–H and O–H groups in total. The van der Waals surface area contributed by atoms with Gasteiger partial charge < -0.3 is 15.1 Å². The molecule has 0 spiro atoms. The van der Waals surface area contributed by atoms with Gasteiger partial charge in [-0.1, -0.05) is 13.3 Å². The molecule has 1 heterocycles. The van der Waals surface area contributed by atoms with Gasteiger partial charge in [0.05, 0.1) is 6.26 Å². The summed E-state index contributed by atoms with van der Waals surface area (Å²) in [4.78, 5) is 11.6. The van der Waals surface area contributed by atoms with Crippen LogP contribution in [0.25, 0.3) is 0 Å². The molecule has 1 amide bonds. The largest absolute Gasteiger partial charge is 0.459 e. The Morgan fingerprint density at radius 1 is 1.56 bits per heavy atom. The summed E-state index contributed by atoms with van der Waals surface area (Å²) in [5.41, 5.74) is 0. The topological polar surface area (TPSA) is 54.3 Å². The molecule has 0 saturated heterocycles. The van der Waals surface area contributed by atoms with Crippen molar-refractivity contribution in [2.45, 2.75) is 19.8 Å². The average molecular weight is 224 g/mol. The summed E-state index contributed by atoms with van der Waals surface area (Å²) in [6.45, 7) is 3.83. The Kier molecular flexibility index (Phi) is 5.64. The zero-order valence-electron chi connectivity index (χ0n) is 9.95. The minimum Gasteiger partial charge on any atom is -0.459 e. The van der Waals surface area contributed by atoms with E-state index in [9.17, 15) is 4.79 Å². The molecule has 1 rings (SSSR count). The highest BCUT2D eigenvalue weighted by Gasteiger charge is 2.11. The fraction of sp³-hybridized carbons (Fsp3) is 0.583. The molecule has 4 heteroatoms. The summed E-state index contributed by atoms with van der Waals surface area (Å²) >= 11 is 0. The number of nitrogens with one attached hydrogen (secondary N) is 2. The van der Waals surface area contributed by atoms with Crippen LogP contribution in [-0.2, 0) is 0 Å².